The van der Waals surface area contributed by atoms with Gasteiger partial charge in [0.1, 0.15) is 7.85 Å². The molecular formula is C17H24BNO4. The van der Waals surface area contributed by atoms with Gasteiger partial charge in [0.05, 0.1) is 25.8 Å². The van der Waals surface area contributed by atoms with Gasteiger partial charge >= 0.3 is 0 Å². The van der Waals surface area contributed by atoms with Crippen LogP contribution in [0.2, 0.25) is 0 Å². The quantitative estimate of drug-likeness (QED) is 0.802. The van der Waals surface area contributed by atoms with E-state index in [4.69, 9.17) is 17.3 Å². The number of benzene rings is 1. The topological polar surface area (TPSA) is 62.2 Å². The van der Waals surface area contributed by atoms with E-state index in [1.165, 1.54) is 0 Å². The van der Waals surface area contributed by atoms with Crippen LogP contribution in [0.25, 0.3) is 0 Å². The van der Waals surface area contributed by atoms with E-state index in [0.717, 1.165) is 24.9 Å². The Hall–Kier alpha value is -1.24. The van der Waals surface area contributed by atoms with Gasteiger partial charge in [0.15, 0.2) is 11.5 Å². The van der Waals surface area contributed by atoms with Gasteiger partial charge in [0.2, 0.25) is 0 Å². The number of likely N-dealkylation sites (tertiary alicyclic amines) is 1. The molecule has 6 heteroatoms. The van der Waals surface area contributed by atoms with Gasteiger partial charge in [-0.2, -0.15) is 0 Å². The number of fused-ring (bicyclic) bond motifs is 1. The van der Waals surface area contributed by atoms with Crippen LogP contribution >= 0.6 is 0 Å². The third-order valence-corrected chi connectivity index (χ3v) is 5.67. The van der Waals surface area contributed by atoms with Crippen molar-refractivity contribution in [2.45, 2.75) is 42.3 Å². The van der Waals surface area contributed by atoms with Crippen molar-refractivity contribution in [3.05, 3.63) is 23.8 Å². The lowest BCUT2D eigenvalue weighted by Crippen LogP contribution is -2.66. The molecule has 1 saturated carbocycles. The maximum absolute atomic E-state index is 10.8. The smallest absolute Gasteiger partial charge is 0.161 e. The van der Waals surface area contributed by atoms with Crippen molar-refractivity contribution in [1.29, 1.82) is 0 Å². The van der Waals surface area contributed by atoms with Gasteiger partial charge in [0.25, 0.3) is 0 Å². The first-order chi connectivity index (χ1) is 10.9. The average molecular weight is 317 g/mol. The van der Waals surface area contributed by atoms with Crippen molar-refractivity contribution in [3.63, 3.8) is 0 Å². The number of hydrogen-bond acceptors (Lipinski definition) is 5. The highest BCUT2D eigenvalue weighted by molar-refractivity contribution is 6.15. The zero-order chi connectivity index (χ0) is 16.8. The maximum Gasteiger partial charge on any atom is 0.161 e. The Kier molecular flexibility index (Phi) is 4.11. The lowest BCUT2D eigenvalue weighted by atomic mass is 9.54. The van der Waals surface area contributed by atoms with Gasteiger partial charge in [0, 0.05) is 11.5 Å². The Bertz CT molecular complexity index is 594. The van der Waals surface area contributed by atoms with Crippen LogP contribution in [0.5, 0.6) is 11.5 Å². The summed E-state index contributed by atoms with van der Waals surface area (Å²) in [7, 11) is 11.3. The molecule has 2 fully saturated rings. The molecule has 3 rings (SSSR count). The first-order valence-corrected chi connectivity index (χ1v) is 7.99. The molecule has 5 nitrogen and oxygen atoms in total. The van der Waals surface area contributed by atoms with Gasteiger partial charge in [-0.05, 0) is 50.6 Å². The van der Waals surface area contributed by atoms with Crippen molar-refractivity contribution in [1.82, 2.24) is 4.90 Å². The summed E-state index contributed by atoms with van der Waals surface area (Å²) in [6.07, 6.45) is 1.22. The number of methoxy groups -OCH3 is 2. The number of aliphatic hydroxyl groups is 2. The molecule has 2 radical (unpaired) electrons. The molecule has 0 bridgehead atoms. The zero-order valence-corrected chi connectivity index (χ0v) is 14.0. The van der Waals surface area contributed by atoms with Crippen molar-refractivity contribution < 1.29 is 19.7 Å². The first-order valence-electron chi connectivity index (χ1n) is 7.99. The summed E-state index contributed by atoms with van der Waals surface area (Å²) in [5.74, 6) is 1.34. The molecular weight excluding hydrogens is 293 g/mol. The summed E-state index contributed by atoms with van der Waals surface area (Å²) >= 11 is 0. The van der Waals surface area contributed by atoms with Crippen molar-refractivity contribution >= 4 is 7.85 Å². The minimum atomic E-state index is -1.63. The Morgan fingerprint density at radius 1 is 1.22 bits per heavy atom. The second-order valence-electron chi connectivity index (χ2n) is 6.80. The largest absolute Gasteiger partial charge is 0.493 e. The summed E-state index contributed by atoms with van der Waals surface area (Å²) in [6, 6.07) is 5.54. The van der Waals surface area contributed by atoms with Crippen LogP contribution in [0.3, 0.4) is 0 Å². The van der Waals surface area contributed by atoms with E-state index in [-0.39, 0.29) is 11.5 Å². The van der Waals surface area contributed by atoms with E-state index in [9.17, 15) is 10.2 Å². The number of likely N-dealkylation sites (N-methyl/N-ethyl adjacent to an activating group) is 1. The molecule has 124 valence electrons. The van der Waals surface area contributed by atoms with Gasteiger partial charge in [-0.15, -0.1) is 0 Å². The molecule has 1 aliphatic carbocycles. The molecule has 0 spiro atoms. The zero-order valence-electron chi connectivity index (χ0n) is 14.0. The monoisotopic (exact) mass is 317 g/mol. The van der Waals surface area contributed by atoms with Crippen LogP contribution in [0, 0.1) is 0 Å². The highest BCUT2D eigenvalue weighted by Crippen LogP contribution is 2.52. The molecule has 23 heavy (non-hydrogen) atoms. The number of ether oxygens (including phenoxy) is 2. The van der Waals surface area contributed by atoms with Crippen molar-refractivity contribution in [2.24, 2.45) is 0 Å². The molecule has 2 N–H and O–H groups in total. The normalized spacial score (nSPS) is 37.4. The molecule has 3 unspecified atom stereocenters. The number of aliphatic hydroxyl groups excluding tert-OH is 1. The average Bonchev–Trinajstić information content (AvgIpc) is 2.90. The molecule has 2 aliphatic rings. The van der Waals surface area contributed by atoms with E-state index in [0.29, 0.717) is 17.9 Å². The summed E-state index contributed by atoms with van der Waals surface area (Å²) in [6.45, 7) is 0.825. The molecule has 1 aromatic carbocycles. The molecule has 4 atom stereocenters. The van der Waals surface area contributed by atoms with Gasteiger partial charge in [-0.25, -0.2) is 0 Å². The van der Waals surface area contributed by atoms with Gasteiger partial charge < -0.3 is 24.6 Å². The molecule has 1 aliphatic heterocycles. The minimum absolute atomic E-state index is 0.295. The van der Waals surface area contributed by atoms with Gasteiger partial charge in [-0.1, -0.05) is 6.07 Å². The van der Waals surface area contributed by atoms with E-state index in [1.54, 1.807) is 14.2 Å². The van der Waals surface area contributed by atoms with Crippen molar-refractivity contribution in [2.75, 3.05) is 27.8 Å². The summed E-state index contributed by atoms with van der Waals surface area (Å²) in [5, 5.41) is 21.0. The Morgan fingerprint density at radius 3 is 2.57 bits per heavy atom. The van der Waals surface area contributed by atoms with Crippen LogP contribution in [0.15, 0.2) is 18.2 Å². The highest BCUT2D eigenvalue weighted by atomic mass is 16.5. The summed E-state index contributed by atoms with van der Waals surface area (Å²) < 4.78 is 10.7. The second-order valence-corrected chi connectivity index (χ2v) is 6.80. The minimum Gasteiger partial charge on any atom is -0.493 e. The first kappa shape index (κ1) is 16.6. The van der Waals surface area contributed by atoms with Crippen LogP contribution in [-0.4, -0.2) is 68.4 Å². The third kappa shape index (κ3) is 2.35. The maximum atomic E-state index is 10.8. The number of hydrogen-bond donors (Lipinski definition) is 2. The Labute approximate surface area is 138 Å². The molecule has 1 aromatic rings. The lowest BCUT2D eigenvalue weighted by Gasteiger charge is -2.52. The lowest BCUT2D eigenvalue weighted by molar-refractivity contribution is -0.100. The fraction of sp³-hybridized carbons (Fsp3) is 0.647. The predicted molar refractivity (Wildman–Crippen MR) is 88.2 cm³/mol. The SMILES string of the molecule is [B]C1(O)C(O)CC[C@@]2(c3ccc(OC)c(OC)c3)CCN(C)C12. The van der Waals surface area contributed by atoms with E-state index in [1.807, 2.05) is 25.2 Å². The van der Waals surface area contributed by atoms with Gasteiger partial charge in [-0.3, -0.25) is 0 Å². The molecule has 0 amide bonds. The highest BCUT2D eigenvalue weighted by Gasteiger charge is 2.59. The van der Waals surface area contributed by atoms with Crippen LogP contribution < -0.4 is 9.47 Å². The molecule has 1 heterocycles. The third-order valence-electron chi connectivity index (χ3n) is 5.67. The number of nitrogens with zero attached hydrogens (tertiary/aromatic N) is 1. The van der Waals surface area contributed by atoms with E-state index >= 15 is 0 Å². The van der Waals surface area contributed by atoms with Crippen molar-refractivity contribution in [3.8, 4) is 11.5 Å². The van der Waals surface area contributed by atoms with Crippen LogP contribution in [-0.2, 0) is 5.41 Å². The Balaban J connectivity index is 2.09. The van der Waals surface area contributed by atoms with E-state index in [2.05, 4.69) is 4.90 Å². The standard InChI is InChI=1S/C17H24BNO4/c1-19-9-8-16(7-6-14(20)17(18,21)15(16)19)11-4-5-12(22-2)13(10-11)23-3/h4-5,10,14-15,20-21H,6-9H2,1-3H3/t14?,15?,16-,17?/m0/s1. The second kappa shape index (κ2) is 5.69. The fourth-order valence-electron chi connectivity index (χ4n) is 4.52. The fourth-order valence-corrected chi connectivity index (χ4v) is 4.52. The number of rotatable bonds is 3. The predicted octanol–water partition coefficient (Wildman–Crippen LogP) is 0.657. The molecule has 0 aromatic heterocycles. The Morgan fingerprint density at radius 2 is 1.91 bits per heavy atom. The van der Waals surface area contributed by atoms with Crippen LogP contribution in [0.4, 0.5) is 0 Å². The summed E-state index contributed by atoms with van der Waals surface area (Å²) in [5.41, 5.74) is -0.853. The molecule has 1 saturated heterocycles. The van der Waals surface area contributed by atoms with Crippen LogP contribution in [0.1, 0.15) is 24.8 Å². The summed E-state index contributed by atoms with van der Waals surface area (Å²) in [4.78, 5) is 2.05. The van der Waals surface area contributed by atoms with E-state index < -0.39 is 11.6 Å².